The standard InChI is InChI=1S/C27H30FN3O4/c1-4-19-15-22(27(34)30-13-7-5-6-8-17(30)2)29-24-14-18(16-31(19)24)20-9-11-23(35-3)21(26(20)28)10-12-25(32)33/h9-12,14-17H,4-8,13H2,1-3H3,(H,32,33)/b12-10+/t17-/m1/s1. The van der Waals surface area contributed by atoms with Crippen molar-refractivity contribution in [2.75, 3.05) is 13.7 Å². The molecule has 2 aromatic heterocycles. The molecule has 0 bridgehead atoms. The highest BCUT2D eigenvalue weighted by Crippen LogP contribution is 2.33. The minimum absolute atomic E-state index is 0.0531. The van der Waals surface area contributed by atoms with Gasteiger partial charge in [-0.05, 0) is 56.5 Å². The second-order valence-electron chi connectivity index (χ2n) is 8.85. The zero-order chi connectivity index (χ0) is 25.1. The normalized spacial score (nSPS) is 16.6. The molecule has 3 heterocycles. The summed E-state index contributed by atoms with van der Waals surface area (Å²) in [6.45, 7) is 4.81. The summed E-state index contributed by atoms with van der Waals surface area (Å²) in [5.74, 6) is -1.61. The first-order chi connectivity index (χ1) is 16.8. The zero-order valence-electron chi connectivity index (χ0n) is 20.3. The van der Waals surface area contributed by atoms with E-state index < -0.39 is 11.8 Å². The minimum Gasteiger partial charge on any atom is -0.496 e. The molecule has 35 heavy (non-hydrogen) atoms. The van der Waals surface area contributed by atoms with Crippen molar-refractivity contribution in [3.63, 3.8) is 0 Å². The summed E-state index contributed by atoms with van der Waals surface area (Å²) in [4.78, 5) is 30.9. The molecular weight excluding hydrogens is 449 g/mol. The fraction of sp³-hybridized carbons (Fsp3) is 0.370. The average Bonchev–Trinajstić information content (AvgIpc) is 3.15. The summed E-state index contributed by atoms with van der Waals surface area (Å²) in [6.07, 6.45) is 8.74. The maximum atomic E-state index is 15.5. The van der Waals surface area contributed by atoms with Gasteiger partial charge in [0.25, 0.3) is 5.91 Å². The van der Waals surface area contributed by atoms with Gasteiger partial charge < -0.3 is 19.1 Å². The highest BCUT2D eigenvalue weighted by Gasteiger charge is 2.25. The Morgan fingerprint density at radius 3 is 2.77 bits per heavy atom. The van der Waals surface area contributed by atoms with Crippen LogP contribution >= 0.6 is 0 Å². The molecule has 1 fully saturated rings. The number of benzene rings is 1. The van der Waals surface area contributed by atoms with E-state index in [0.717, 1.165) is 44.0 Å². The van der Waals surface area contributed by atoms with E-state index >= 15 is 4.39 Å². The molecule has 0 saturated carbocycles. The second-order valence-corrected chi connectivity index (χ2v) is 8.85. The van der Waals surface area contributed by atoms with Crippen LogP contribution in [-0.4, -0.2) is 51.0 Å². The second kappa shape index (κ2) is 10.3. The number of amides is 1. The van der Waals surface area contributed by atoms with Crippen LogP contribution in [0.5, 0.6) is 5.75 Å². The van der Waals surface area contributed by atoms with Crippen molar-refractivity contribution in [1.29, 1.82) is 0 Å². The van der Waals surface area contributed by atoms with E-state index in [4.69, 9.17) is 9.84 Å². The van der Waals surface area contributed by atoms with Crippen molar-refractivity contribution in [3.8, 4) is 16.9 Å². The van der Waals surface area contributed by atoms with Crippen LogP contribution in [0.15, 0.2) is 36.5 Å². The van der Waals surface area contributed by atoms with E-state index in [-0.39, 0.29) is 28.8 Å². The number of carboxylic acids is 1. The summed E-state index contributed by atoms with van der Waals surface area (Å²) < 4.78 is 22.6. The first kappa shape index (κ1) is 24.4. The molecule has 3 aromatic rings. The van der Waals surface area contributed by atoms with Crippen LogP contribution in [0, 0.1) is 5.82 Å². The Morgan fingerprint density at radius 1 is 1.26 bits per heavy atom. The lowest BCUT2D eigenvalue weighted by atomic mass is 10.0. The molecule has 1 aromatic carbocycles. The van der Waals surface area contributed by atoms with Crippen LogP contribution in [0.4, 0.5) is 4.39 Å². The first-order valence-corrected chi connectivity index (χ1v) is 11.9. The Morgan fingerprint density at radius 2 is 2.06 bits per heavy atom. The molecule has 1 amide bonds. The summed E-state index contributed by atoms with van der Waals surface area (Å²) in [7, 11) is 1.40. The third kappa shape index (κ3) is 4.92. The molecular formula is C27H30FN3O4. The number of aromatic nitrogens is 2. The topological polar surface area (TPSA) is 84.1 Å². The van der Waals surface area contributed by atoms with E-state index in [2.05, 4.69) is 11.9 Å². The van der Waals surface area contributed by atoms with Crippen LogP contribution in [0.3, 0.4) is 0 Å². The van der Waals surface area contributed by atoms with Gasteiger partial charge in [0, 0.05) is 41.7 Å². The molecule has 1 atom stereocenters. The molecule has 4 rings (SSSR count). The van der Waals surface area contributed by atoms with Crippen molar-refractivity contribution in [2.24, 2.45) is 0 Å². The fourth-order valence-electron chi connectivity index (χ4n) is 4.69. The van der Waals surface area contributed by atoms with Crippen LogP contribution in [-0.2, 0) is 11.2 Å². The van der Waals surface area contributed by atoms with E-state index in [9.17, 15) is 9.59 Å². The third-order valence-electron chi connectivity index (χ3n) is 6.61. The van der Waals surface area contributed by atoms with Crippen LogP contribution in [0.1, 0.15) is 61.3 Å². The Balaban J connectivity index is 1.78. The van der Waals surface area contributed by atoms with Gasteiger partial charge >= 0.3 is 5.97 Å². The maximum absolute atomic E-state index is 15.5. The lowest BCUT2D eigenvalue weighted by molar-refractivity contribution is -0.131. The lowest BCUT2D eigenvalue weighted by Crippen LogP contribution is -2.38. The number of nitrogens with zero attached hydrogens (tertiary/aromatic N) is 3. The molecule has 8 heteroatoms. The van der Waals surface area contributed by atoms with Gasteiger partial charge in [0.15, 0.2) is 0 Å². The Bertz CT molecular complexity index is 1300. The van der Waals surface area contributed by atoms with Crippen LogP contribution in [0.25, 0.3) is 22.9 Å². The number of methoxy groups -OCH3 is 1. The molecule has 0 radical (unpaired) electrons. The number of carbonyl (C=O) groups excluding carboxylic acids is 1. The van der Waals surface area contributed by atoms with Crippen LogP contribution < -0.4 is 4.74 Å². The van der Waals surface area contributed by atoms with Gasteiger partial charge in [-0.25, -0.2) is 14.2 Å². The van der Waals surface area contributed by atoms with Gasteiger partial charge in [0.1, 0.15) is 22.9 Å². The van der Waals surface area contributed by atoms with E-state index in [1.165, 1.54) is 13.2 Å². The smallest absolute Gasteiger partial charge is 0.328 e. The highest BCUT2D eigenvalue weighted by atomic mass is 19.1. The number of fused-ring (bicyclic) bond motifs is 1. The molecule has 1 N–H and O–H groups in total. The summed E-state index contributed by atoms with van der Waals surface area (Å²) in [5, 5.41) is 8.97. The number of aryl methyl sites for hydroxylation is 1. The van der Waals surface area contributed by atoms with E-state index in [1.54, 1.807) is 24.4 Å². The number of likely N-dealkylation sites (tertiary alicyclic amines) is 1. The molecule has 184 valence electrons. The SMILES string of the molecule is CCc1cc(C(=O)N2CCCCC[C@H]2C)nc2cc(-c3ccc(OC)c(/C=C/C(=O)O)c3F)cn12. The molecule has 0 unspecified atom stereocenters. The molecule has 1 saturated heterocycles. The number of rotatable bonds is 6. The predicted molar refractivity (Wildman–Crippen MR) is 132 cm³/mol. The molecule has 1 aliphatic heterocycles. The van der Waals surface area contributed by atoms with Crippen molar-refractivity contribution < 1.29 is 23.8 Å². The van der Waals surface area contributed by atoms with Gasteiger partial charge in [-0.2, -0.15) is 0 Å². The summed E-state index contributed by atoms with van der Waals surface area (Å²) in [5.41, 5.74) is 2.77. The third-order valence-corrected chi connectivity index (χ3v) is 6.61. The van der Waals surface area contributed by atoms with Crippen molar-refractivity contribution in [1.82, 2.24) is 14.3 Å². The molecule has 0 aliphatic carbocycles. The number of carboxylic acid groups (broad SMARTS) is 1. The van der Waals surface area contributed by atoms with Crippen molar-refractivity contribution >= 4 is 23.6 Å². The predicted octanol–water partition coefficient (Wildman–Crippen LogP) is 5.21. The minimum atomic E-state index is -1.18. The van der Waals surface area contributed by atoms with Crippen molar-refractivity contribution in [2.45, 2.75) is 52.0 Å². The number of hydrogen-bond donors (Lipinski definition) is 1. The van der Waals surface area contributed by atoms with Gasteiger partial charge in [0.05, 0.1) is 12.7 Å². The number of ether oxygens (including phenoxy) is 1. The number of hydrogen-bond acceptors (Lipinski definition) is 4. The molecule has 7 nitrogen and oxygen atoms in total. The largest absolute Gasteiger partial charge is 0.496 e. The van der Waals surface area contributed by atoms with Crippen molar-refractivity contribution in [3.05, 3.63) is 59.3 Å². The van der Waals surface area contributed by atoms with Gasteiger partial charge in [-0.3, -0.25) is 4.79 Å². The summed E-state index contributed by atoms with van der Waals surface area (Å²) in [6, 6.07) is 6.93. The molecule has 0 spiro atoms. The number of aliphatic carboxylic acids is 1. The Labute approximate surface area is 203 Å². The monoisotopic (exact) mass is 479 g/mol. The highest BCUT2D eigenvalue weighted by molar-refractivity contribution is 5.93. The van der Waals surface area contributed by atoms with Crippen LogP contribution in [0.2, 0.25) is 0 Å². The number of carbonyl (C=O) groups is 2. The lowest BCUT2D eigenvalue weighted by Gasteiger charge is -2.27. The van der Waals surface area contributed by atoms with Gasteiger partial charge in [0.2, 0.25) is 0 Å². The Kier molecular flexibility index (Phi) is 7.19. The molecule has 1 aliphatic rings. The maximum Gasteiger partial charge on any atom is 0.328 e. The quantitative estimate of drug-likeness (QED) is 0.491. The summed E-state index contributed by atoms with van der Waals surface area (Å²) >= 11 is 0. The number of halogens is 1. The Hall–Kier alpha value is -3.68. The fourth-order valence-corrected chi connectivity index (χ4v) is 4.69. The first-order valence-electron chi connectivity index (χ1n) is 11.9. The zero-order valence-corrected chi connectivity index (χ0v) is 20.3. The van der Waals surface area contributed by atoms with E-state index in [1.807, 2.05) is 22.3 Å². The van der Waals surface area contributed by atoms with E-state index in [0.29, 0.717) is 23.3 Å². The van der Waals surface area contributed by atoms with Gasteiger partial charge in [-0.15, -0.1) is 0 Å². The average molecular weight is 480 g/mol. The van der Waals surface area contributed by atoms with Gasteiger partial charge in [-0.1, -0.05) is 19.8 Å².